The number of esters is 1. The van der Waals surface area contributed by atoms with E-state index in [1.807, 2.05) is 0 Å². The van der Waals surface area contributed by atoms with Crippen LogP contribution in [0.4, 0.5) is 0 Å². The van der Waals surface area contributed by atoms with Gasteiger partial charge in [-0.05, 0) is 84.9 Å². The summed E-state index contributed by atoms with van der Waals surface area (Å²) < 4.78 is 5.59. The summed E-state index contributed by atoms with van der Waals surface area (Å²) in [6.45, 7) is 16.1. The minimum atomic E-state index is -0.136. The van der Waals surface area contributed by atoms with Crippen LogP contribution in [0.5, 0.6) is 0 Å². The molecule has 0 aliphatic heterocycles. The van der Waals surface area contributed by atoms with E-state index in [1.54, 1.807) is 12.5 Å². The highest BCUT2D eigenvalue weighted by atomic mass is 16.5. The van der Waals surface area contributed by atoms with Crippen molar-refractivity contribution >= 4 is 5.97 Å². The fourth-order valence-corrected chi connectivity index (χ4v) is 7.92. The average Bonchev–Trinajstić information content (AvgIpc) is 3.08. The zero-order valence-electron chi connectivity index (χ0n) is 21.6. The van der Waals surface area contributed by atoms with Gasteiger partial charge in [-0.3, -0.25) is 4.79 Å². The fraction of sp³-hybridized carbons (Fsp3) is 0.767. The van der Waals surface area contributed by atoms with Crippen LogP contribution in [0.15, 0.2) is 35.5 Å². The van der Waals surface area contributed by atoms with Crippen LogP contribution in [0.3, 0.4) is 0 Å². The van der Waals surface area contributed by atoms with E-state index < -0.39 is 0 Å². The molecule has 0 amide bonds. The average molecular weight is 439 g/mol. The van der Waals surface area contributed by atoms with Gasteiger partial charge in [0.2, 0.25) is 0 Å². The normalized spacial score (nSPS) is 40.8. The lowest BCUT2D eigenvalue weighted by Gasteiger charge is -2.55. The van der Waals surface area contributed by atoms with E-state index in [0.29, 0.717) is 29.1 Å². The van der Waals surface area contributed by atoms with Crippen molar-refractivity contribution in [2.24, 2.45) is 46.3 Å². The van der Waals surface area contributed by atoms with Crippen LogP contribution in [0.25, 0.3) is 0 Å². The van der Waals surface area contributed by atoms with Crippen molar-refractivity contribution in [3.8, 4) is 0 Å². The molecule has 0 bridgehead atoms. The summed E-state index contributed by atoms with van der Waals surface area (Å²) >= 11 is 0. The minimum absolute atomic E-state index is 0.0763. The van der Waals surface area contributed by atoms with Crippen LogP contribution >= 0.6 is 0 Å². The fourth-order valence-electron chi connectivity index (χ4n) is 7.92. The Labute approximate surface area is 197 Å². The maximum atomic E-state index is 11.5. The first-order valence-electron chi connectivity index (χ1n) is 13.3. The summed E-state index contributed by atoms with van der Waals surface area (Å²) in [6, 6.07) is 0. The zero-order valence-corrected chi connectivity index (χ0v) is 21.6. The van der Waals surface area contributed by atoms with Gasteiger partial charge in [-0.1, -0.05) is 77.0 Å². The van der Waals surface area contributed by atoms with Gasteiger partial charge in [-0.15, -0.1) is 0 Å². The number of hydrogen-bond acceptors (Lipinski definition) is 2. The first-order valence-corrected chi connectivity index (χ1v) is 13.3. The zero-order chi connectivity index (χ0) is 23.3. The second-order valence-corrected chi connectivity index (χ2v) is 12.4. The van der Waals surface area contributed by atoms with E-state index in [1.165, 1.54) is 31.3 Å². The molecule has 8 unspecified atom stereocenters. The predicted octanol–water partition coefficient (Wildman–Crippen LogP) is 7.90. The monoisotopic (exact) mass is 438 g/mol. The van der Waals surface area contributed by atoms with Gasteiger partial charge >= 0.3 is 5.97 Å². The SMILES string of the molecule is CC(=O)OC1CCC2(C)C(=CC=C3C2CCC2(C)C3CCC2C(C)/C=C/C(C)C(C)C)C1. The van der Waals surface area contributed by atoms with Gasteiger partial charge < -0.3 is 4.74 Å². The molecule has 8 atom stereocenters. The van der Waals surface area contributed by atoms with Crippen molar-refractivity contribution in [3.05, 3.63) is 35.5 Å². The summed E-state index contributed by atoms with van der Waals surface area (Å²) in [7, 11) is 0. The lowest BCUT2D eigenvalue weighted by Crippen LogP contribution is -2.46. The molecule has 32 heavy (non-hydrogen) atoms. The molecule has 0 aromatic carbocycles. The molecule has 3 saturated carbocycles. The molecule has 0 aromatic rings. The third kappa shape index (κ3) is 4.05. The maximum Gasteiger partial charge on any atom is 0.302 e. The number of rotatable bonds is 5. The highest BCUT2D eigenvalue weighted by molar-refractivity contribution is 5.66. The Bertz CT molecular complexity index is 817. The molecule has 4 aliphatic carbocycles. The molecule has 178 valence electrons. The molecule has 0 aromatic heterocycles. The lowest BCUT2D eigenvalue weighted by atomic mass is 9.50. The van der Waals surface area contributed by atoms with Gasteiger partial charge in [-0.2, -0.15) is 0 Å². The van der Waals surface area contributed by atoms with E-state index in [4.69, 9.17) is 4.74 Å². The van der Waals surface area contributed by atoms with Crippen LogP contribution in [0.2, 0.25) is 0 Å². The van der Waals surface area contributed by atoms with Crippen LogP contribution in [0, 0.1) is 46.3 Å². The van der Waals surface area contributed by atoms with Gasteiger partial charge in [0.1, 0.15) is 6.10 Å². The van der Waals surface area contributed by atoms with Crippen molar-refractivity contribution in [2.75, 3.05) is 0 Å². The molecule has 2 nitrogen and oxygen atoms in total. The molecule has 0 saturated heterocycles. The number of carbonyl (C=O) groups is 1. The molecule has 2 heteroatoms. The second kappa shape index (κ2) is 8.80. The number of carbonyl (C=O) groups excluding carboxylic acids is 1. The van der Waals surface area contributed by atoms with E-state index in [-0.39, 0.29) is 17.5 Å². The Hall–Kier alpha value is -1.31. The standard InChI is InChI=1S/C30H46O2/c1-19(2)20(3)8-9-21(4)26-12-13-27-25-11-10-23-18-24(32-22(5)31)14-16-29(23,6)28(25)15-17-30(26,27)7/h8-11,19-21,24,26-28H,12-18H2,1-7H3/b9-8+. The van der Waals surface area contributed by atoms with Crippen molar-refractivity contribution < 1.29 is 9.53 Å². The Morgan fingerprint density at radius 1 is 1.00 bits per heavy atom. The van der Waals surface area contributed by atoms with Crippen molar-refractivity contribution in [1.82, 2.24) is 0 Å². The molecular weight excluding hydrogens is 392 g/mol. The van der Waals surface area contributed by atoms with Gasteiger partial charge in [0.05, 0.1) is 0 Å². The third-order valence-corrected chi connectivity index (χ3v) is 10.3. The van der Waals surface area contributed by atoms with E-state index in [0.717, 1.165) is 31.1 Å². The topological polar surface area (TPSA) is 26.3 Å². The number of fused-ring (bicyclic) bond motifs is 5. The second-order valence-electron chi connectivity index (χ2n) is 12.4. The summed E-state index contributed by atoms with van der Waals surface area (Å²) in [5, 5.41) is 0. The molecule has 0 radical (unpaired) electrons. The summed E-state index contributed by atoms with van der Waals surface area (Å²) in [5.41, 5.74) is 3.98. The van der Waals surface area contributed by atoms with E-state index >= 15 is 0 Å². The Kier molecular flexibility index (Phi) is 6.56. The quantitative estimate of drug-likeness (QED) is 0.322. The number of ether oxygens (including phenoxy) is 1. The molecular formula is C30H46O2. The van der Waals surface area contributed by atoms with E-state index in [9.17, 15) is 4.79 Å². The van der Waals surface area contributed by atoms with Crippen LogP contribution in [-0.4, -0.2) is 12.1 Å². The minimum Gasteiger partial charge on any atom is -0.462 e. The highest BCUT2D eigenvalue weighted by Crippen LogP contribution is 2.66. The molecule has 4 rings (SSSR count). The van der Waals surface area contributed by atoms with E-state index in [2.05, 4.69) is 65.8 Å². The largest absolute Gasteiger partial charge is 0.462 e. The first-order chi connectivity index (χ1) is 15.1. The lowest BCUT2D eigenvalue weighted by molar-refractivity contribution is -0.148. The maximum absolute atomic E-state index is 11.5. The molecule has 0 N–H and O–H groups in total. The van der Waals surface area contributed by atoms with Gasteiger partial charge in [0, 0.05) is 13.3 Å². The van der Waals surface area contributed by atoms with Crippen molar-refractivity contribution in [1.29, 1.82) is 0 Å². The Balaban J connectivity index is 1.54. The first kappa shape index (κ1) is 23.8. The highest BCUT2D eigenvalue weighted by Gasteiger charge is 2.56. The summed E-state index contributed by atoms with van der Waals surface area (Å²) in [4.78, 5) is 11.5. The predicted molar refractivity (Wildman–Crippen MR) is 133 cm³/mol. The Morgan fingerprint density at radius 2 is 1.75 bits per heavy atom. The van der Waals surface area contributed by atoms with Crippen LogP contribution < -0.4 is 0 Å². The summed E-state index contributed by atoms with van der Waals surface area (Å²) in [5.74, 6) is 4.11. The van der Waals surface area contributed by atoms with Gasteiger partial charge in [0.15, 0.2) is 0 Å². The Morgan fingerprint density at radius 3 is 2.44 bits per heavy atom. The van der Waals surface area contributed by atoms with Gasteiger partial charge in [0.25, 0.3) is 0 Å². The molecule has 4 aliphatic rings. The van der Waals surface area contributed by atoms with Gasteiger partial charge in [-0.25, -0.2) is 0 Å². The summed E-state index contributed by atoms with van der Waals surface area (Å²) in [6.07, 6.45) is 18.5. The number of allylic oxidation sites excluding steroid dienone is 5. The third-order valence-electron chi connectivity index (χ3n) is 10.3. The van der Waals surface area contributed by atoms with Crippen LogP contribution in [0.1, 0.15) is 93.4 Å². The molecule has 0 spiro atoms. The van der Waals surface area contributed by atoms with Crippen LogP contribution in [-0.2, 0) is 9.53 Å². The van der Waals surface area contributed by atoms with Crippen molar-refractivity contribution in [3.63, 3.8) is 0 Å². The van der Waals surface area contributed by atoms with Crippen molar-refractivity contribution in [2.45, 2.75) is 99.5 Å². The smallest absolute Gasteiger partial charge is 0.302 e. The molecule has 0 heterocycles. The number of hydrogen-bond donors (Lipinski definition) is 0. The molecule has 3 fully saturated rings.